The Morgan fingerprint density at radius 1 is 1.29 bits per heavy atom. The van der Waals surface area contributed by atoms with Crippen molar-refractivity contribution < 1.29 is 4.79 Å². The third-order valence-corrected chi connectivity index (χ3v) is 3.19. The molecule has 0 bridgehead atoms. The largest absolute Gasteiger partial charge is 0.343 e. The first-order chi connectivity index (χ1) is 6.75. The second-order valence-electron chi connectivity index (χ2n) is 4.30. The van der Waals surface area contributed by atoms with Crippen LogP contribution in [0.5, 0.6) is 0 Å². The Bertz CT molecular complexity index is 207. The Kier molecular flexibility index (Phi) is 3.03. The highest BCUT2D eigenvalue weighted by Crippen LogP contribution is 2.11. The molecule has 2 fully saturated rings. The van der Waals surface area contributed by atoms with Gasteiger partial charge < -0.3 is 15.5 Å². The average molecular weight is 197 g/mol. The van der Waals surface area contributed by atoms with Gasteiger partial charge >= 0.3 is 0 Å². The summed E-state index contributed by atoms with van der Waals surface area (Å²) < 4.78 is 0. The highest BCUT2D eigenvalue weighted by atomic mass is 16.2. The fourth-order valence-corrected chi connectivity index (χ4v) is 2.10. The van der Waals surface area contributed by atoms with E-state index in [-0.39, 0.29) is 5.91 Å². The van der Waals surface area contributed by atoms with Crippen molar-refractivity contribution in [3.63, 3.8) is 0 Å². The predicted molar refractivity (Wildman–Crippen MR) is 55.1 cm³/mol. The molecule has 2 N–H and O–H groups in total. The van der Waals surface area contributed by atoms with Crippen LogP contribution in [0.25, 0.3) is 0 Å². The van der Waals surface area contributed by atoms with Gasteiger partial charge in [0.25, 0.3) is 0 Å². The molecule has 2 rings (SSSR count). The van der Waals surface area contributed by atoms with Crippen LogP contribution in [0.2, 0.25) is 0 Å². The zero-order valence-corrected chi connectivity index (χ0v) is 8.75. The topological polar surface area (TPSA) is 44.4 Å². The molecule has 0 aromatic heterocycles. The van der Waals surface area contributed by atoms with E-state index >= 15 is 0 Å². The van der Waals surface area contributed by atoms with Gasteiger partial charge in [-0.3, -0.25) is 4.79 Å². The van der Waals surface area contributed by atoms with Gasteiger partial charge in [-0.2, -0.15) is 0 Å². The lowest BCUT2D eigenvalue weighted by atomic mass is 10.0. The summed E-state index contributed by atoms with van der Waals surface area (Å²) in [5.74, 6) is 0.216. The molecule has 0 radical (unpaired) electrons. The van der Waals surface area contributed by atoms with Crippen molar-refractivity contribution >= 4 is 5.91 Å². The number of piperidine rings is 1. The lowest BCUT2D eigenvalue weighted by Gasteiger charge is -2.37. The fraction of sp³-hybridized carbons (Fsp3) is 0.900. The predicted octanol–water partition coefficient (Wildman–Crippen LogP) is -0.441. The molecule has 0 saturated carbocycles. The van der Waals surface area contributed by atoms with Gasteiger partial charge in [-0.05, 0) is 12.8 Å². The lowest BCUT2D eigenvalue weighted by Crippen LogP contribution is -2.59. The number of rotatable bonds is 2. The van der Waals surface area contributed by atoms with Crippen LogP contribution in [0.3, 0.4) is 0 Å². The quantitative estimate of drug-likeness (QED) is 0.631. The minimum absolute atomic E-state index is 0.216. The van der Waals surface area contributed by atoms with Crippen molar-refractivity contribution in [3.05, 3.63) is 0 Å². The number of carbonyl (C=O) groups excluding carboxylic acids is 1. The van der Waals surface area contributed by atoms with Crippen LogP contribution in [-0.2, 0) is 4.79 Å². The average Bonchev–Trinajstić information content (AvgIpc) is 2.12. The Morgan fingerprint density at radius 2 is 1.93 bits per heavy atom. The zero-order chi connectivity index (χ0) is 9.97. The first-order valence-corrected chi connectivity index (χ1v) is 5.48. The van der Waals surface area contributed by atoms with Gasteiger partial charge in [0, 0.05) is 45.2 Å². The molecule has 2 saturated heterocycles. The molecule has 1 amide bonds. The number of hydrogen-bond acceptors (Lipinski definition) is 3. The van der Waals surface area contributed by atoms with Gasteiger partial charge in [-0.1, -0.05) is 0 Å². The van der Waals surface area contributed by atoms with E-state index in [1.54, 1.807) is 6.92 Å². The number of nitrogens with zero attached hydrogens (tertiary/aromatic N) is 1. The van der Waals surface area contributed by atoms with Gasteiger partial charge in [0.1, 0.15) is 0 Å². The summed E-state index contributed by atoms with van der Waals surface area (Å²) in [6.45, 7) is 5.71. The van der Waals surface area contributed by atoms with Crippen LogP contribution in [0.4, 0.5) is 0 Å². The minimum Gasteiger partial charge on any atom is -0.343 e. The summed E-state index contributed by atoms with van der Waals surface area (Å²) in [7, 11) is 0. The van der Waals surface area contributed by atoms with Crippen molar-refractivity contribution in [1.29, 1.82) is 0 Å². The van der Waals surface area contributed by atoms with Crippen LogP contribution in [0, 0.1) is 0 Å². The van der Waals surface area contributed by atoms with Crippen molar-refractivity contribution in [2.45, 2.75) is 31.8 Å². The van der Waals surface area contributed by atoms with E-state index in [4.69, 9.17) is 0 Å². The molecule has 2 aliphatic rings. The van der Waals surface area contributed by atoms with E-state index in [0.717, 1.165) is 39.0 Å². The second-order valence-corrected chi connectivity index (χ2v) is 4.30. The number of hydrogen-bond donors (Lipinski definition) is 2. The molecular formula is C10H19N3O. The number of likely N-dealkylation sites (tertiary alicyclic amines) is 1. The van der Waals surface area contributed by atoms with Crippen molar-refractivity contribution in [2.75, 3.05) is 26.2 Å². The zero-order valence-electron chi connectivity index (χ0n) is 8.75. The van der Waals surface area contributed by atoms with Crippen LogP contribution < -0.4 is 10.6 Å². The lowest BCUT2D eigenvalue weighted by molar-refractivity contribution is -0.129. The van der Waals surface area contributed by atoms with E-state index in [0.29, 0.717) is 12.1 Å². The molecule has 0 spiro atoms. The third-order valence-electron chi connectivity index (χ3n) is 3.19. The second kappa shape index (κ2) is 4.28. The molecule has 0 unspecified atom stereocenters. The summed E-state index contributed by atoms with van der Waals surface area (Å²) in [4.78, 5) is 13.0. The number of carbonyl (C=O) groups is 1. The number of nitrogens with one attached hydrogen (secondary N) is 2. The van der Waals surface area contributed by atoms with Crippen molar-refractivity contribution in [2.24, 2.45) is 0 Å². The summed E-state index contributed by atoms with van der Waals surface area (Å²) >= 11 is 0. The Morgan fingerprint density at radius 3 is 2.36 bits per heavy atom. The first kappa shape index (κ1) is 9.93. The van der Waals surface area contributed by atoms with Gasteiger partial charge in [-0.25, -0.2) is 0 Å². The molecule has 2 aliphatic heterocycles. The molecule has 2 heterocycles. The van der Waals surface area contributed by atoms with Gasteiger partial charge in [-0.15, -0.1) is 0 Å². The maximum atomic E-state index is 11.1. The van der Waals surface area contributed by atoms with E-state index in [9.17, 15) is 4.79 Å². The highest BCUT2D eigenvalue weighted by molar-refractivity contribution is 5.73. The van der Waals surface area contributed by atoms with Crippen LogP contribution in [0.15, 0.2) is 0 Å². The molecule has 4 nitrogen and oxygen atoms in total. The first-order valence-electron chi connectivity index (χ1n) is 5.48. The SMILES string of the molecule is CC(=O)N1CCC(NC2CNC2)CC1. The van der Waals surface area contributed by atoms with Crippen LogP contribution in [-0.4, -0.2) is 49.1 Å². The molecule has 0 aliphatic carbocycles. The van der Waals surface area contributed by atoms with Crippen molar-refractivity contribution in [3.8, 4) is 0 Å². The molecule has 0 aromatic rings. The van der Waals surface area contributed by atoms with Crippen molar-refractivity contribution in [1.82, 2.24) is 15.5 Å². The monoisotopic (exact) mass is 197 g/mol. The summed E-state index contributed by atoms with van der Waals surface area (Å²) in [5, 5.41) is 6.87. The van der Waals surface area contributed by atoms with Crippen LogP contribution >= 0.6 is 0 Å². The third kappa shape index (κ3) is 2.25. The maximum absolute atomic E-state index is 11.1. The van der Waals surface area contributed by atoms with Gasteiger partial charge in [0.05, 0.1) is 0 Å². The van der Waals surface area contributed by atoms with E-state index in [1.807, 2.05) is 4.90 Å². The fourth-order valence-electron chi connectivity index (χ4n) is 2.10. The smallest absolute Gasteiger partial charge is 0.219 e. The van der Waals surface area contributed by atoms with E-state index < -0.39 is 0 Å². The standard InChI is InChI=1S/C10H19N3O/c1-8(14)13-4-2-9(3-5-13)12-10-6-11-7-10/h9-12H,2-7H2,1H3. The summed E-state index contributed by atoms with van der Waals surface area (Å²) in [6.07, 6.45) is 2.21. The maximum Gasteiger partial charge on any atom is 0.219 e. The van der Waals surface area contributed by atoms with E-state index in [1.165, 1.54) is 0 Å². The van der Waals surface area contributed by atoms with Gasteiger partial charge in [0.15, 0.2) is 0 Å². The molecule has 0 aromatic carbocycles. The number of amides is 1. The minimum atomic E-state index is 0.216. The Balaban J connectivity index is 1.69. The highest BCUT2D eigenvalue weighted by Gasteiger charge is 2.24. The molecule has 14 heavy (non-hydrogen) atoms. The summed E-state index contributed by atoms with van der Waals surface area (Å²) in [5.41, 5.74) is 0. The van der Waals surface area contributed by atoms with Crippen LogP contribution in [0.1, 0.15) is 19.8 Å². The molecule has 80 valence electrons. The molecule has 0 atom stereocenters. The molecule has 4 heteroatoms. The normalized spacial score (nSPS) is 24.8. The Labute approximate surface area is 85.0 Å². The van der Waals surface area contributed by atoms with E-state index in [2.05, 4.69) is 10.6 Å². The summed E-state index contributed by atoms with van der Waals surface area (Å²) in [6, 6.07) is 1.29. The molecular weight excluding hydrogens is 178 g/mol. The van der Waals surface area contributed by atoms with Gasteiger partial charge in [0.2, 0.25) is 5.91 Å². The Hall–Kier alpha value is -0.610.